The van der Waals surface area contributed by atoms with Crippen LogP contribution in [0.5, 0.6) is 0 Å². The fourth-order valence-electron chi connectivity index (χ4n) is 15.9. The van der Waals surface area contributed by atoms with Crippen LogP contribution in [0.2, 0.25) is 0 Å². The predicted octanol–water partition coefficient (Wildman–Crippen LogP) is -2.27. The molecule has 4 aliphatic carbocycles. The van der Waals surface area contributed by atoms with Crippen molar-refractivity contribution in [1.29, 1.82) is 0 Å². The minimum Gasteiger partial charge on any atom is -0.394 e. The highest BCUT2D eigenvalue weighted by Gasteiger charge is 2.69. The summed E-state index contributed by atoms with van der Waals surface area (Å²) in [7, 11) is 0. The normalized spacial score (nSPS) is 57.8. The molecule has 414 valence electrons. The maximum Gasteiger partial charge on any atom is 0.187 e. The molecule has 6 saturated heterocycles. The number of hydrogen-bond donors (Lipinski definition) is 12. The minimum absolute atomic E-state index is 0.0916. The fraction of sp³-hybridized carbons (Fsp3) is 1.00. The van der Waals surface area contributed by atoms with Crippen LogP contribution in [0.1, 0.15) is 91.9 Å². The summed E-state index contributed by atoms with van der Waals surface area (Å²) < 4.78 is 61.4. The summed E-state index contributed by atoms with van der Waals surface area (Å²) in [6, 6.07) is 0. The van der Waals surface area contributed by atoms with Crippen LogP contribution in [0.4, 0.5) is 0 Å². The average Bonchev–Trinajstić information content (AvgIpc) is 3.82. The van der Waals surface area contributed by atoms with Gasteiger partial charge in [-0.15, -0.1) is 0 Å². The van der Waals surface area contributed by atoms with Crippen molar-refractivity contribution in [2.45, 2.75) is 227 Å². The van der Waals surface area contributed by atoms with Crippen molar-refractivity contribution < 1.29 is 109 Å². The molecule has 0 aromatic rings. The topological polar surface area (TPSA) is 335 Å². The Balaban J connectivity index is 0.812. The Morgan fingerprint density at radius 2 is 1.14 bits per heavy atom. The summed E-state index contributed by atoms with van der Waals surface area (Å²) in [4.78, 5) is 0. The van der Waals surface area contributed by atoms with Crippen molar-refractivity contribution in [3.63, 3.8) is 0 Å². The first-order chi connectivity index (χ1) is 34.3. The lowest BCUT2D eigenvalue weighted by Crippen LogP contribution is -2.68. The van der Waals surface area contributed by atoms with Crippen molar-refractivity contribution in [1.82, 2.24) is 0 Å². The zero-order valence-electron chi connectivity index (χ0n) is 41.7. The van der Waals surface area contributed by atoms with Gasteiger partial charge in [0.25, 0.3) is 0 Å². The minimum atomic E-state index is -2.00. The van der Waals surface area contributed by atoms with Gasteiger partial charge >= 0.3 is 0 Å². The molecule has 0 aromatic carbocycles. The highest BCUT2D eigenvalue weighted by molar-refractivity contribution is 5.15. The van der Waals surface area contributed by atoms with E-state index in [1.807, 2.05) is 0 Å². The van der Waals surface area contributed by atoms with Crippen molar-refractivity contribution in [3.05, 3.63) is 0 Å². The molecule has 1 unspecified atom stereocenters. The summed E-state index contributed by atoms with van der Waals surface area (Å²) in [6.07, 6.45) is -22.9. The number of ether oxygens (including phenoxy) is 10. The number of fused-ring (bicyclic) bond motifs is 7. The molecular formula is C50H82O22. The van der Waals surface area contributed by atoms with Gasteiger partial charge in [0.1, 0.15) is 91.6 Å². The van der Waals surface area contributed by atoms with Crippen LogP contribution in [0.15, 0.2) is 0 Å². The van der Waals surface area contributed by atoms with E-state index in [-0.39, 0.29) is 23.0 Å². The molecule has 10 aliphatic rings. The van der Waals surface area contributed by atoms with Crippen LogP contribution in [0.3, 0.4) is 0 Å². The van der Waals surface area contributed by atoms with Gasteiger partial charge in [-0.2, -0.15) is 0 Å². The van der Waals surface area contributed by atoms with Gasteiger partial charge in [0.2, 0.25) is 0 Å². The van der Waals surface area contributed by atoms with Gasteiger partial charge < -0.3 is 109 Å². The highest BCUT2D eigenvalue weighted by Crippen LogP contribution is 2.71. The molecule has 31 atom stereocenters. The summed E-state index contributed by atoms with van der Waals surface area (Å²) in [6.45, 7) is 7.42. The lowest BCUT2D eigenvalue weighted by molar-refractivity contribution is -0.404. The fourth-order valence-corrected chi connectivity index (χ4v) is 15.9. The average molecular weight is 1040 g/mol. The van der Waals surface area contributed by atoms with Gasteiger partial charge in [0.05, 0.1) is 45.2 Å². The lowest BCUT2D eigenvalue weighted by atomic mass is 9.44. The molecule has 22 nitrogen and oxygen atoms in total. The van der Waals surface area contributed by atoms with E-state index in [0.717, 1.165) is 51.6 Å². The van der Waals surface area contributed by atoms with E-state index in [9.17, 15) is 61.3 Å². The quantitative estimate of drug-likeness (QED) is 0.0971. The van der Waals surface area contributed by atoms with E-state index < -0.39 is 149 Å². The van der Waals surface area contributed by atoms with E-state index in [4.69, 9.17) is 47.4 Å². The van der Waals surface area contributed by atoms with Crippen LogP contribution in [-0.2, 0) is 47.4 Å². The molecule has 0 amide bonds. The second kappa shape index (κ2) is 21.1. The number of rotatable bonds is 11. The SMILES string of the molecule is C[C@@H]1CC[C@@]2(OC1)O[C@H]1C[C@H]3[C@@H]4CC[C@H]5C[C@@H](O[C@@H]6O[C@H](CO)[C@H](O[C@@H]7O[C@H](CO)[C@@H](O)[C@H](O[C@@H]8OC[C@@H](O)[C@H](O)[C@H]8O)[C@H]7O[C@@H]7O[C@H](CO)[C@@H](O)[C@H](O)[C@H]7O)[C@H](O)[C@H]6O)CC[C@]5(C)[C@H]4CC[C@]3(C)C1[C@@H]2C. The van der Waals surface area contributed by atoms with Gasteiger partial charge in [-0.05, 0) is 104 Å². The zero-order chi connectivity index (χ0) is 51.3. The van der Waals surface area contributed by atoms with Crippen LogP contribution >= 0.6 is 0 Å². The molecule has 12 N–H and O–H groups in total. The predicted molar refractivity (Wildman–Crippen MR) is 242 cm³/mol. The number of aliphatic hydroxyl groups is 12. The highest BCUT2D eigenvalue weighted by atomic mass is 16.8. The molecule has 1 spiro atoms. The Morgan fingerprint density at radius 3 is 1.85 bits per heavy atom. The Labute approximate surface area is 419 Å². The Morgan fingerprint density at radius 1 is 0.514 bits per heavy atom. The Kier molecular flexibility index (Phi) is 15.9. The molecule has 6 aliphatic heterocycles. The number of aliphatic hydroxyl groups excluding tert-OH is 12. The summed E-state index contributed by atoms with van der Waals surface area (Å²) in [5, 5.41) is 129. The van der Waals surface area contributed by atoms with Gasteiger partial charge in [-0.25, -0.2) is 0 Å². The summed E-state index contributed by atoms with van der Waals surface area (Å²) in [5.74, 6) is 3.06. The monoisotopic (exact) mass is 1030 g/mol. The zero-order valence-corrected chi connectivity index (χ0v) is 41.7. The third-order valence-corrected chi connectivity index (χ3v) is 20.0. The van der Waals surface area contributed by atoms with Crippen molar-refractivity contribution in [2.75, 3.05) is 33.0 Å². The second-order valence-electron chi connectivity index (χ2n) is 23.9. The van der Waals surface area contributed by atoms with Gasteiger partial charge in [0, 0.05) is 12.3 Å². The van der Waals surface area contributed by atoms with Crippen molar-refractivity contribution in [2.24, 2.45) is 52.3 Å². The molecule has 4 saturated carbocycles. The molecule has 72 heavy (non-hydrogen) atoms. The molecular weight excluding hydrogens is 953 g/mol. The van der Waals surface area contributed by atoms with Gasteiger partial charge in [0.15, 0.2) is 30.9 Å². The maximum absolute atomic E-state index is 11.8. The van der Waals surface area contributed by atoms with Crippen molar-refractivity contribution >= 4 is 0 Å². The molecule has 10 fully saturated rings. The van der Waals surface area contributed by atoms with E-state index in [1.54, 1.807) is 0 Å². The first-order valence-corrected chi connectivity index (χ1v) is 26.7. The standard InChI is InChI=1S/C50H82O22/c1-20-7-12-50(64-18-20)21(2)32-28(72-50)14-26-24-6-5-22-13-23(8-10-48(22,3)25(24)9-11-49(26,32)4)65-45-40(62)37(59)41(31(17-53)68-45)69-47-43(71-46-39(61)36(58)34(56)29(15-51)66-46)42(35(57)30(16-52)67-47)70-44-38(60)33(55)27(54)19-63-44/h20-47,51-62H,5-19H2,1-4H3/t20-,21+,22+,23+,24-,25+,26+,27-,28+,29-,30-,31-,32?,33+,34-,35-,36+,37-,38-,39-,40-,41+,42+,43-,44+,45-,46+,47+,48+,49+,50-/m1/s1. The third kappa shape index (κ3) is 9.26. The molecule has 22 heteroatoms. The van der Waals surface area contributed by atoms with Crippen LogP contribution in [0.25, 0.3) is 0 Å². The Hall–Kier alpha value is -0.880. The second-order valence-corrected chi connectivity index (χ2v) is 23.9. The van der Waals surface area contributed by atoms with Gasteiger partial charge in [-0.3, -0.25) is 0 Å². The molecule has 10 rings (SSSR count). The maximum atomic E-state index is 11.8. The first kappa shape index (κ1) is 54.5. The van der Waals surface area contributed by atoms with Crippen LogP contribution in [-0.4, -0.2) is 229 Å². The van der Waals surface area contributed by atoms with E-state index in [0.29, 0.717) is 47.8 Å². The molecule has 0 radical (unpaired) electrons. The molecule has 0 aromatic heterocycles. The molecule has 0 bridgehead atoms. The lowest BCUT2D eigenvalue weighted by Gasteiger charge is -2.61. The van der Waals surface area contributed by atoms with E-state index in [1.165, 1.54) is 12.8 Å². The third-order valence-electron chi connectivity index (χ3n) is 20.0. The van der Waals surface area contributed by atoms with Gasteiger partial charge in [-0.1, -0.05) is 27.7 Å². The van der Waals surface area contributed by atoms with E-state index >= 15 is 0 Å². The summed E-state index contributed by atoms with van der Waals surface area (Å²) >= 11 is 0. The van der Waals surface area contributed by atoms with Crippen molar-refractivity contribution in [3.8, 4) is 0 Å². The first-order valence-electron chi connectivity index (χ1n) is 26.7. The largest absolute Gasteiger partial charge is 0.394 e. The van der Waals surface area contributed by atoms with Crippen LogP contribution < -0.4 is 0 Å². The van der Waals surface area contributed by atoms with Crippen LogP contribution in [0, 0.1) is 52.3 Å². The summed E-state index contributed by atoms with van der Waals surface area (Å²) in [5.41, 5.74) is 0.293. The Bertz CT molecular complexity index is 1830. The molecule has 6 heterocycles. The van der Waals surface area contributed by atoms with E-state index in [2.05, 4.69) is 27.7 Å². The smallest absolute Gasteiger partial charge is 0.187 e. The number of hydrogen-bond acceptors (Lipinski definition) is 22.